The molecule has 3 rings (SSSR count). The van der Waals surface area contributed by atoms with Crippen molar-refractivity contribution in [3.05, 3.63) is 23.4 Å². The predicted octanol–water partition coefficient (Wildman–Crippen LogP) is 3.85. The summed E-state index contributed by atoms with van der Waals surface area (Å²) in [6, 6.07) is 0. The van der Waals surface area contributed by atoms with Gasteiger partial charge in [0.15, 0.2) is 5.83 Å². The third-order valence-electron chi connectivity index (χ3n) is 3.78. The van der Waals surface area contributed by atoms with E-state index in [1.807, 2.05) is 27.1 Å². The first-order chi connectivity index (χ1) is 10.1. The zero-order valence-electron chi connectivity index (χ0n) is 12.6. The molecule has 1 aliphatic rings. The van der Waals surface area contributed by atoms with Crippen LogP contribution < -0.4 is 0 Å². The van der Waals surface area contributed by atoms with Crippen LogP contribution in [0.5, 0.6) is 0 Å². The van der Waals surface area contributed by atoms with Crippen LogP contribution in [0.4, 0.5) is 4.39 Å². The molecule has 6 heteroatoms. The fourth-order valence-electron chi connectivity index (χ4n) is 2.70. The van der Waals surface area contributed by atoms with Crippen molar-refractivity contribution in [3.8, 4) is 11.4 Å². The molecule has 0 atom stereocenters. The second kappa shape index (κ2) is 5.42. The number of allylic oxidation sites excluding steroid dienone is 1. The molecule has 0 bridgehead atoms. The maximum absolute atomic E-state index is 14.3. The summed E-state index contributed by atoms with van der Waals surface area (Å²) in [4.78, 5) is 4.22. The highest BCUT2D eigenvalue weighted by atomic mass is 19.1. The van der Waals surface area contributed by atoms with Crippen LogP contribution in [0.1, 0.15) is 57.0 Å². The SMILES string of the molecule is CC(C)c1nn(C)cc1-c1noc(C(F)=C2CCCC2)n1. The highest BCUT2D eigenvalue weighted by Crippen LogP contribution is 2.33. The number of halogens is 1. The molecule has 2 aromatic rings. The minimum Gasteiger partial charge on any atom is -0.331 e. The number of nitrogens with zero attached hydrogens (tertiary/aromatic N) is 4. The summed E-state index contributed by atoms with van der Waals surface area (Å²) >= 11 is 0. The van der Waals surface area contributed by atoms with Crippen LogP contribution in [-0.2, 0) is 7.05 Å². The Morgan fingerprint density at radius 3 is 2.71 bits per heavy atom. The van der Waals surface area contributed by atoms with E-state index in [0.717, 1.165) is 42.5 Å². The Bertz CT molecular complexity index is 676. The van der Waals surface area contributed by atoms with Crippen molar-refractivity contribution in [1.29, 1.82) is 0 Å². The topological polar surface area (TPSA) is 56.7 Å². The average molecular weight is 290 g/mol. The molecule has 0 N–H and O–H groups in total. The summed E-state index contributed by atoms with van der Waals surface area (Å²) in [5, 5.41) is 8.33. The minimum atomic E-state index is -0.346. The molecule has 0 radical (unpaired) electrons. The highest BCUT2D eigenvalue weighted by molar-refractivity contribution is 5.61. The third-order valence-corrected chi connectivity index (χ3v) is 3.78. The monoisotopic (exact) mass is 290 g/mol. The van der Waals surface area contributed by atoms with E-state index in [1.54, 1.807) is 4.68 Å². The molecule has 2 heterocycles. The highest BCUT2D eigenvalue weighted by Gasteiger charge is 2.22. The van der Waals surface area contributed by atoms with Crippen molar-refractivity contribution >= 4 is 5.83 Å². The molecule has 0 aromatic carbocycles. The first-order valence-electron chi connectivity index (χ1n) is 7.31. The van der Waals surface area contributed by atoms with Gasteiger partial charge in [0.2, 0.25) is 5.82 Å². The summed E-state index contributed by atoms with van der Waals surface area (Å²) in [7, 11) is 1.84. The van der Waals surface area contributed by atoms with Gasteiger partial charge in [0.25, 0.3) is 5.89 Å². The van der Waals surface area contributed by atoms with Crippen LogP contribution in [0.3, 0.4) is 0 Å². The smallest absolute Gasteiger partial charge is 0.286 e. The van der Waals surface area contributed by atoms with E-state index in [9.17, 15) is 4.39 Å². The van der Waals surface area contributed by atoms with Gasteiger partial charge >= 0.3 is 0 Å². The molecule has 0 unspecified atom stereocenters. The number of rotatable bonds is 3. The molecule has 0 aliphatic heterocycles. The van der Waals surface area contributed by atoms with Crippen molar-refractivity contribution in [1.82, 2.24) is 19.9 Å². The zero-order valence-corrected chi connectivity index (χ0v) is 12.6. The summed E-state index contributed by atoms with van der Waals surface area (Å²) in [6.45, 7) is 4.10. The Hall–Kier alpha value is -1.98. The lowest BCUT2D eigenvalue weighted by Gasteiger charge is -2.00. The standard InChI is InChI=1S/C15H19FN4O/c1-9(2)13-11(8-20(3)18-13)14-17-15(21-19-14)12(16)10-6-4-5-7-10/h8-9H,4-7H2,1-3H3. The Morgan fingerprint density at radius 1 is 1.33 bits per heavy atom. The second-order valence-corrected chi connectivity index (χ2v) is 5.80. The molecule has 0 saturated heterocycles. The van der Waals surface area contributed by atoms with E-state index in [2.05, 4.69) is 15.2 Å². The molecular formula is C15H19FN4O. The minimum absolute atomic E-state index is 0.0135. The van der Waals surface area contributed by atoms with Gasteiger partial charge in [-0.3, -0.25) is 4.68 Å². The number of hydrogen-bond acceptors (Lipinski definition) is 4. The predicted molar refractivity (Wildman–Crippen MR) is 77.1 cm³/mol. The lowest BCUT2D eigenvalue weighted by atomic mass is 10.1. The van der Waals surface area contributed by atoms with E-state index in [4.69, 9.17) is 4.52 Å². The molecule has 2 aromatic heterocycles. The Morgan fingerprint density at radius 2 is 2.05 bits per heavy atom. The molecule has 21 heavy (non-hydrogen) atoms. The van der Waals surface area contributed by atoms with Crippen molar-refractivity contribution < 1.29 is 8.91 Å². The maximum Gasteiger partial charge on any atom is 0.286 e. The van der Waals surface area contributed by atoms with Crippen molar-refractivity contribution in [3.63, 3.8) is 0 Å². The van der Waals surface area contributed by atoms with E-state index in [-0.39, 0.29) is 17.6 Å². The second-order valence-electron chi connectivity index (χ2n) is 5.80. The van der Waals surface area contributed by atoms with Gasteiger partial charge in [-0.15, -0.1) is 0 Å². The zero-order chi connectivity index (χ0) is 15.0. The fraction of sp³-hybridized carbons (Fsp3) is 0.533. The molecule has 1 saturated carbocycles. The van der Waals surface area contributed by atoms with Gasteiger partial charge in [0, 0.05) is 13.2 Å². The lowest BCUT2D eigenvalue weighted by molar-refractivity contribution is 0.397. The number of hydrogen-bond donors (Lipinski definition) is 0. The van der Waals surface area contributed by atoms with Gasteiger partial charge in [0.1, 0.15) is 0 Å². The van der Waals surface area contributed by atoms with Crippen molar-refractivity contribution in [2.24, 2.45) is 7.05 Å². The van der Waals surface area contributed by atoms with Gasteiger partial charge < -0.3 is 4.52 Å². The first kappa shape index (κ1) is 14.0. The van der Waals surface area contributed by atoms with Crippen molar-refractivity contribution in [2.45, 2.75) is 45.4 Å². The van der Waals surface area contributed by atoms with Crippen molar-refractivity contribution in [2.75, 3.05) is 0 Å². The molecule has 0 amide bonds. The van der Waals surface area contributed by atoms with Gasteiger partial charge in [-0.2, -0.15) is 10.1 Å². The largest absolute Gasteiger partial charge is 0.331 e. The quantitative estimate of drug-likeness (QED) is 0.861. The molecule has 5 nitrogen and oxygen atoms in total. The Balaban J connectivity index is 1.97. The normalized spacial score (nSPS) is 15.2. The Kier molecular flexibility index (Phi) is 3.61. The lowest BCUT2D eigenvalue weighted by Crippen LogP contribution is -1.94. The molecule has 1 aliphatic carbocycles. The molecule has 1 fully saturated rings. The van der Waals surface area contributed by atoms with Crippen LogP contribution in [0.2, 0.25) is 0 Å². The van der Waals surface area contributed by atoms with Crippen LogP contribution in [0.15, 0.2) is 16.3 Å². The van der Waals surface area contributed by atoms with E-state index < -0.39 is 0 Å². The van der Waals surface area contributed by atoms with Gasteiger partial charge in [-0.05, 0) is 37.2 Å². The fourth-order valence-corrected chi connectivity index (χ4v) is 2.70. The van der Waals surface area contributed by atoms with Crippen LogP contribution >= 0.6 is 0 Å². The van der Waals surface area contributed by atoms with Crippen LogP contribution in [-0.4, -0.2) is 19.9 Å². The molecule has 0 spiro atoms. The average Bonchev–Trinajstić information content (AvgIpc) is 3.17. The maximum atomic E-state index is 14.3. The summed E-state index contributed by atoms with van der Waals surface area (Å²) in [6.07, 6.45) is 5.47. The van der Waals surface area contributed by atoms with Gasteiger partial charge in [-0.25, -0.2) is 4.39 Å². The molecular weight excluding hydrogens is 271 g/mol. The van der Waals surface area contributed by atoms with E-state index >= 15 is 0 Å². The number of aryl methyl sites for hydroxylation is 1. The van der Waals surface area contributed by atoms with Crippen LogP contribution in [0.25, 0.3) is 17.2 Å². The summed E-state index contributed by atoms with van der Waals surface area (Å²) in [5.74, 6) is 0.276. The Labute approximate surface area is 122 Å². The number of aromatic nitrogens is 4. The van der Waals surface area contributed by atoms with E-state index in [0.29, 0.717) is 5.82 Å². The van der Waals surface area contributed by atoms with Gasteiger partial charge in [0.05, 0.1) is 11.3 Å². The summed E-state index contributed by atoms with van der Waals surface area (Å²) < 4.78 is 21.1. The summed E-state index contributed by atoms with van der Waals surface area (Å²) in [5.41, 5.74) is 2.48. The molecule has 112 valence electrons. The first-order valence-corrected chi connectivity index (χ1v) is 7.31. The van der Waals surface area contributed by atoms with Crippen LogP contribution in [0, 0.1) is 0 Å². The van der Waals surface area contributed by atoms with Gasteiger partial charge in [-0.1, -0.05) is 19.0 Å². The third kappa shape index (κ3) is 2.62. The van der Waals surface area contributed by atoms with E-state index in [1.165, 1.54) is 0 Å².